The van der Waals surface area contributed by atoms with Crippen LogP contribution in [0.1, 0.15) is 51.3 Å². The highest BCUT2D eigenvalue weighted by molar-refractivity contribution is 7.71. The van der Waals surface area contributed by atoms with E-state index in [9.17, 15) is 9.18 Å². The maximum Gasteiger partial charge on any atom is 0.226 e. The Balaban J connectivity index is 1.42. The fourth-order valence-corrected chi connectivity index (χ4v) is 5.98. The van der Waals surface area contributed by atoms with Crippen LogP contribution in [0.4, 0.5) is 4.39 Å². The van der Waals surface area contributed by atoms with Crippen LogP contribution in [-0.2, 0) is 17.8 Å². The lowest BCUT2D eigenvalue weighted by Gasteiger charge is -2.58. The summed E-state index contributed by atoms with van der Waals surface area (Å²) in [7, 11) is 0. The molecule has 1 aromatic rings. The molecule has 0 aliphatic heterocycles. The lowest BCUT2D eigenvalue weighted by Crippen LogP contribution is -2.59. The minimum Gasteiger partial charge on any atom is -0.354 e. The fraction of sp³-hybridized carbons (Fsp3) is 0.824. The summed E-state index contributed by atoms with van der Waals surface area (Å²) >= 11 is 5.23. The second kappa shape index (κ2) is 5.64. The van der Waals surface area contributed by atoms with Crippen LogP contribution in [0.25, 0.3) is 0 Å². The van der Waals surface area contributed by atoms with Crippen LogP contribution >= 0.6 is 12.2 Å². The van der Waals surface area contributed by atoms with Crippen molar-refractivity contribution in [3.63, 3.8) is 0 Å². The Morgan fingerprint density at radius 1 is 1.42 bits per heavy atom. The van der Waals surface area contributed by atoms with Gasteiger partial charge in [-0.3, -0.25) is 9.89 Å². The molecule has 132 valence electrons. The molecule has 0 saturated heterocycles. The second-order valence-corrected chi connectivity index (χ2v) is 8.49. The molecule has 4 aliphatic carbocycles. The van der Waals surface area contributed by atoms with E-state index in [0.29, 0.717) is 49.0 Å². The zero-order chi connectivity index (χ0) is 16.9. The molecule has 2 atom stereocenters. The third-order valence-electron chi connectivity index (χ3n) is 6.25. The number of aromatic amines is 1. The zero-order valence-electron chi connectivity index (χ0n) is 14.1. The number of nitrogens with one attached hydrogen (secondary N) is 2. The Labute approximate surface area is 146 Å². The molecule has 1 aromatic heterocycles. The van der Waals surface area contributed by atoms with Crippen molar-refractivity contribution < 1.29 is 9.18 Å². The third kappa shape index (κ3) is 2.61. The Morgan fingerprint density at radius 2 is 2.12 bits per heavy atom. The molecule has 5 rings (SSSR count). The average molecular weight is 352 g/mol. The van der Waals surface area contributed by atoms with E-state index < -0.39 is 11.1 Å². The number of hydrogen-bond donors (Lipinski definition) is 2. The van der Waals surface area contributed by atoms with Crippen molar-refractivity contribution in [2.75, 3.05) is 6.54 Å². The number of alkyl halides is 1. The van der Waals surface area contributed by atoms with Gasteiger partial charge in [-0.1, -0.05) is 6.92 Å². The number of halogens is 1. The van der Waals surface area contributed by atoms with Crippen LogP contribution in [-0.4, -0.2) is 32.9 Å². The molecule has 4 bridgehead atoms. The summed E-state index contributed by atoms with van der Waals surface area (Å²) in [6, 6.07) is 0. The van der Waals surface area contributed by atoms with Crippen LogP contribution in [0.5, 0.6) is 0 Å². The van der Waals surface area contributed by atoms with Crippen molar-refractivity contribution in [3.8, 4) is 0 Å². The molecular weight excluding hydrogens is 327 g/mol. The van der Waals surface area contributed by atoms with Crippen molar-refractivity contribution in [2.45, 2.75) is 64.1 Å². The number of amides is 1. The van der Waals surface area contributed by atoms with Gasteiger partial charge in [-0.25, -0.2) is 4.39 Å². The van der Waals surface area contributed by atoms with Gasteiger partial charge in [-0.05, 0) is 62.6 Å². The third-order valence-corrected chi connectivity index (χ3v) is 6.56. The molecule has 0 aromatic carbocycles. The predicted molar refractivity (Wildman–Crippen MR) is 90.8 cm³/mol. The first-order valence-electron chi connectivity index (χ1n) is 9.04. The summed E-state index contributed by atoms with van der Waals surface area (Å²) in [4.78, 5) is 12.9. The van der Waals surface area contributed by atoms with Gasteiger partial charge in [0.1, 0.15) is 11.5 Å². The van der Waals surface area contributed by atoms with Gasteiger partial charge in [0, 0.05) is 19.5 Å². The van der Waals surface area contributed by atoms with E-state index in [1.807, 2.05) is 11.5 Å². The van der Waals surface area contributed by atoms with Crippen molar-refractivity contribution in [3.05, 3.63) is 10.6 Å². The van der Waals surface area contributed by atoms with E-state index in [4.69, 9.17) is 12.2 Å². The Bertz CT molecular complexity index is 698. The first-order valence-corrected chi connectivity index (χ1v) is 9.45. The SMILES string of the molecule is CCc1n[nH]c(=S)n1CCNC(=O)C12C[C@H]3C[C@@H](CC(F)(C3)C1)C2. The average Bonchev–Trinajstić information content (AvgIpc) is 2.85. The standard InChI is InChI=1S/C17H25FN4OS/c1-2-13-20-21-15(24)22(13)4-3-19-14(23)16-6-11-5-12(7-16)9-17(18,8-11)10-16/h11-12H,2-10H2,1H3,(H,19,23)(H,21,24)/t11-,12-,16?,17?/m1/s1. The van der Waals surface area contributed by atoms with Gasteiger partial charge >= 0.3 is 0 Å². The molecule has 4 saturated carbocycles. The Kier molecular flexibility index (Phi) is 3.82. The first kappa shape index (κ1) is 16.2. The topological polar surface area (TPSA) is 62.7 Å². The van der Waals surface area contributed by atoms with Crippen molar-refractivity contribution in [1.82, 2.24) is 20.1 Å². The second-order valence-electron chi connectivity index (χ2n) is 8.10. The molecule has 2 N–H and O–H groups in total. The molecule has 4 fully saturated rings. The largest absolute Gasteiger partial charge is 0.354 e. The monoisotopic (exact) mass is 352 g/mol. The van der Waals surface area contributed by atoms with E-state index in [1.54, 1.807) is 0 Å². The van der Waals surface area contributed by atoms with Gasteiger partial charge in [0.25, 0.3) is 0 Å². The van der Waals surface area contributed by atoms with Crippen molar-refractivity contribution in [1.29, 1.82) is 0 Å². The van der Waals surface area contributed by atoms with Gasteiger partial charge < -0.3 is 9.88 Å². The summed E-state index contributed by atoms with van der Waals surface area (Å²) in [5.74, 6) is 1.74. The van der Waals surface area contributed by atoms with Gasteiger partial charge in [0.2, 0.25) is 5.91 Å². The van der Waals surface area contributed by atoms with E-state index in [0.717, 1.165) is 31.5 Å². The zero-order valence-corrected chi connectivity index (χ0v) is 14.9. The van der Waals surface area contributed by atoms with Crippen molar-refractivity contribution >= 4 is 18.1 Å². The Morgan fingerprint density at radius 3 is 2.75 bits per heavy atom. The van der Waals surface area contributed by atoms with Gasteiger partial charge in [0.15, 0.2) is 4.77 Å². The molecule has 4 aliphatic rings. The minimum atomic E-state index is -1.09. The highest BCUT2D eigenvalue weighted by Gasteiger charge is 2.61. The number of H-pyrrole nitrogens is 1. The molecule has 1 amide bonds. The summed E-state index contributed by atoms with van der Waals surface area (Å²) in [6.45, 7) is 3.14. The predicted octanol–water partition coefficient (Wildman–Crippen LogP) is 2.93. The normalized spacial score (nSPS) is 36.9. The summed E-state index contributed by atoms with van der Waals surface area (Å²) in [6.07, 6.45) is 5.40. The molecule has 7 heteroatoms. The quantitative estimate of drug-likeness (QED) is 0.801. The maximum atomic E-state index is 15.0. The summed E-state index contributed by atoms with van der Waals surface area (Å²) in [5, 5.41) is 10.0. The number of aryl methyl sites for hydroxylation is 1. The molecular formula is C17H25FN4OS. The number of carbonyl (C=O) groups excluding carboxylic acids is 1. The van der Waals surface area contributed by atoms with Crippen molar-refractivity contribution in [2.24, 2.45) is 17.3 Å². The summed E-state index contributed by atoms with van der Waals surface area (Å²) in [5.41, 5.74) is -1.56. The number of hydrogen-bond acceptors (Lipinski definition) is 3. The van der Waals surface area contributed by atoms with E-state index >= 15 is 0 Å². The number of carbonyl (C=O) groups is 1. The molecule has 1 heterocycles. The molecule has 5 nitrogen and oxygen atoms in total. The van der Waals surface area contributed by atoms with Crippen LogP contribution in [0.2, 0.25) is 0 Å². The van der Waals surface area contributed by atoms with Gasteiger partial charge in [0.05, 0.1) is 5.41 Å². The van der Waals surface area contributed by atoms with E-state index in [-0.39, 0.29) is 5.91 Å². The molecule has 0 spiro atoms. The van der Waals surface area contributed by atoms with E-state index in [2.05, 4.69) is 15.5 Å². The minimum absolute atomic E-state index is 0.0479. The van der Waals surface area contributed by atoms with Crippen LogP contribution in [0.15, 0.2) is 0 Å². The molecule has 0 radical (unpaired) electrons. The smallest absolute Gasteiger partial charge is 0.226 e. The van der Waals surface area contributed by atoms with Crippen LogP contribution in [0, 0.1) is 22.0 Å². The lowest BCUT2D eigenvalue weighted by molar-refractivity contribution is -0.160. The van der Waals surface area contributed by atoms with Gasteiger partial charge in [-0.15, -0.1) is 0 Å². The van der Waals surface area contributed by atoms with Crippen LogP contribution < -0.4 is 5.32 Å². The number of nitrogens with zero attached hydrogens (tertiary/aromatic N) is 2. The van der Waals surface area contributed by atoms with Crippen LogP contribution in [0.3, 0.4) is 0 Å². The van der Waals surface area contributed by atoms with E-state index in [1.165, 1.54) is 0 Å². The first-order chi connectivity index (χ1) is 11.4. The highest BCUT2D eigenvalue weighted by Crippen LogP contribution is 2.62. The number of aromatic nitrogens is 3. The maximum absolute atomic E-state index is 15.0. The fourth-order valence-electron chi connectivity index (χ4n) is 5.74. The lowest BCUT2D eigenvalue weighted by atomic mass is 9.48. The summed E-state index contributed by atoms with van der Waals surface area (Å²) < 4.78 is 17.5. The Hall–Kier alpha value is -1.24. The molecule has 24 heavy (non-hydrogen) atoms. The number of rotatable bonds is 5. The molecule has 0 unspecified atom stereocenters. The van der Waals surface area contributed by atoms with Gasteiger partial charge in [-0.2, -0.15) is 5.10 Å². The highest BCUT2D eigenvalue weighted by atomic mass is 32.1.